The molecule has 4 rings (SSSR count). The fraction of sp³-hybridized carbons (Fsp3) is 0.120. The maximum Gasteiger partial charge on any atom is 0.232 e. The third kappa shape index (κ3) is 4.94. The molecule has 1 aromatic heterocycles. The van der Waals surface area contributed by atoms with Gasteiger partial charge in [-0.05, 0) is 41.5 Å². The van der Waals surface area contributed by atoms with Gasteiger partial charge < -0.3 is 15.0 Å². The van der Waals surface area contributed by atoms with Crippen LogP contribution in [0.1, 0.15) is 11.1 Å². The lowest BCUT2D eigenvalue weighted by Crippen LogP contribution is -2.19. The zero-order valence-corrected chi connectivity index (χ0v) is 16.9. The fourth-order valence-electron chi connectivity index (χ4n) is 3.16. The monoisotopic (exact) mass is 396 g/mol. The van der Waals surface area contributed by atoms with E-state index in [-0.39, 0.29) is 0 Å². The van der Waals surface area contributed by atoms with E-state index >= 15 is 0 Å². The highest BCUT2D eigenvalue weighted by Crippen LogP contribution is 2.25. The van der Waals surface area contributed by atoms with Gasteiger partial charge in [0.2, 0.25) is 5.95 Å². The molecule has 0 saturated heterocycles. The Morgan fingerprint density at radius 1 is 0.800 bits per heavy atom. The lowest BCUT2D eigenvalue weighted by Gasteiger charge is -2.23. The number of methoxy groups -OCH3 is 1. The third-order valence-electron chi connectivity index (χ3n) is 4.77. The van der Waals surface area contributed by atoms with E-state index in [4.69, 9.17) is 9.72 Å². The number of para-hydroxylation sites is 1. The number of aromatic nitrogens is 2. The maximum atomic E-state index is 5.22. The van der Waals surface area contributed by atoms with E-state index in [2.05, 4.69) is 39.5 Å². The number of ether oxygens (including phenoxy) is 1. The van der Waals surface area contributed by atoms with Gasteiger partial charge in [-0.2, -0.15) is 4.98 Å². The standard InChI is InChI=1S/C25H24N4O/c1-30-23-14-12-20(13-15-23)18-27-24-16-17-26-25(28-24)29(22-10-6-3-7-11-22)19-21-8-4-2-5-9-21/h2-17H,18-19H2,1H3,(H,26,27,28). The number of hydrogen-bond acceptors (Lipinski definition) is 5. The van der Waals surface area contributed by atoms with Crippen molar-refractivity contribution < 1.29 is 4.74 Å². The number of nitrogens with zero attached hydrogens (tertiary/aromatic N) is 3. The van der Waals surface area contributed by atoms with Gasteiger partial charge >= 0.3 is 0 Å². The van der Waals surface area contributed by atoms with Gasteiger partial charge in [0.15, 0.2) is 0 Å². The van der Waals surface area contributed by atoms with Crippen LogP contribution >= 0.6 is 0 Å². The summed E-state index contributed by atoms with van der Waals surface area (Å²) in [6.45, 7) is 1.36. The van der Waals surface area contributed by atoms with Crippen LogP contribution in [0.3, 0.4) is 0 Å². The summed E-state index contributed by atoms with van der Waals surface area (Å²) in [7, 11) is 1.67. The molecule has 1 heterocycles. The highest BCUT2D eigenvalue weighted by atomic mass is 16.5. The average molecular weight is 396 g/mol. The van der Waals surface area contributed by atoms with Crippen molar-refractivity contribution in [3.63, 3.8) is 0 Å². The number of rotatable bonds is 8. The summed E-state index contributed by atoms with van der Waals surface area (Å²) in [5.74, 6) is 2.29. The molecule has 0 fully saturated rings. The number of anilines is 3. The molecule has 0 radical (unpaired) electrons. The molecule has 1 N–H and O–H groups in total. The van der Waals surface area contributed by atoms with Crippen LogP contribution in [0.15, 0.2) is 97.2 Å². The summed E-state index contributed by atoms with van der Waals surface area (Å²) < 4.78 is 5.22. The Labute approximate surface area is 177 Å². The molecular weight excluding hydrogens is 372 g/mol. The lowest BCUT2D eigenvalue weighted by atomic mass is 10.2. The summed E-state index contributed by atoms with van der Waals surface area (Å²) >= 11 is 0. The molecule has 0 bridgehead atoms. The molecule has 0 aliphatic rings. The van der Waals surface area contributed by atoms with Gasteiger partial charge in [-0.15, -0.1) is 0 Å². The molecule has 30 heavy (non-hydrogen) atoms. The Balaban J connectivity index is 1.55. The van der Waals surface area contributed by atoms with Gasteiger partial charge in [-0.25, -0.2) is 4.98 Å². The van der Waals surface area contributed by atoms with Gasteiger partial charge in [-0.3, -0.25) is 0 Å². The Morgan fingerprint density at radius 2 is 1.50 bits per heavy atom. The first-order valence-corrected chi connectivity index (χ1v) is 9.88. The first-order valence-electron chi connectivity index (χ1n) is 9.88. The second-order valence-electron chi connectivity index (χ2n) is 6.85. The second kappa shape index (κ2) is 9.56. The van der Waals surface area contributed by atoms with Gasteiger partial charge in [0.1, 0.15) is 11.6 Å². The third-order valence-corrected chi connectivity index (χ3v) is 4.77. The van der Waals surface area contributed by atoms with Gasteiger partial charge in [0.05, 0.1) is 13.7 Å². The number of benzene rings is 3. The quantitative estimate of drug-likeness (QED) is 0.430. The topological polar surface area (TPSA) is 50.3 Å². The number of hydrogen-bond donors (Lipinski definition) is 1. The molecule has 0 aliphatic heterocycles. The van der Waals surface area contributed by atoms with E-state index in [9.17, 15) is 0 Å². The molecule has 0 atom stereocenters. The van der Waals surface area contributed by atoms with Crippen molar-refractivity contribution in [2.24, 2.45) is 0 Å². The molecule has 0 saturated carbocycles. The minimum absolute atomic E-state index is 0.657. The second-order valence-corrected chi connectivity index (χ2v) is 6.85. The Kier molecular flexibility index (Phi) is 6.20. The first-order chi connectivity index (χ1) is 14.8. The summed E-state index contributed by atoms with van der Waals surface area (Å²) in [4.78, 5) is 11.4. The summed E-state index contributed by atoms with van der Waals surface area (Å²) in [5, 5.41) is 3.39. The molecule has 0 aliphatic carbocycles. The normalized spacial score (nSPS) is 10.4. The Hall–Kier alpha value is -3.86. The molecule has 5 nitrogen and oxygen atoms in total. The van der Waals surface area contributed by atoms with E-state index in [1.165, 1.54) is 5.56 Å². The van der Waals surface area contributed by atoms with Gasteiger partial charge in [0.25, 0.3) is 0 Å². The van der Waals surface area contributed by atoms with E-state index < -0.39 is 0 Å². The van der Waals surface area contributed by atoms with Crippen molar-refractivity contribution >= 4 is 17.5 Å². The van der Waals surface area contributed by atoms with Crippen LogP contribution in [-0.4, -0.2) is 17.1 Å². The minimum atomic E-state index is 0.657. The fourth-order valence-corrected chi connectivity index (χ4v) is 3.16. The van der Waals surface area contributed by atoms with Crippen molar-refractivity contribution in [2.45, 2.75) is 13.1 Å². The van der Waals surface area contributed by atoms with Crippen LogP contribution in [0.25, 0.3) is 0 Å². The number of nitrogens with one attached hydrogen (secondary N) is 1. The molecule has 5 heteroatoms. The van der Waals surface area contributed by atoms with Crippen LogP contribution in [0.5, 0.6) is 5.75 Å². The SMILES string of the molecule is COc1ccc(CNc2ccnc(N(Cc3ccccc3)c3ccccc3)n2)cc1. The van der Waals surface area contributed by atoms with Crippen molar-refractivity contribution in [1.29, 1.82) is 0 Å². The van der Waals surface area contributed by atoms with Crippen molar-refractivity contribution in [2.75, 3.05) is 17.3 Å². The van der Waals surface area contributed by atoms with Crippen LogP contribution in [0, 0.1) is 0 Å². The van der Waals surface area contributed by atoms with Crippen LogP contribution < -0.4 is 15.0 Å². The summed E-state index contributed by atoms with van der Waals surface area (Å²) in [5.41, 5.74) is 3.40. The molecule has 4 aromatic rings. The maximum absolute atomic E-state index is 5.22. The minimum Gasteiger partial charge on any atom is -0.497 e. The predicted octanol–water partition coefficient (Wildman–Crippen LogP) is 5.44. The Bertz CT molecular complexity index is 1050. The predicted molar refractivity (Wildman–Crippen MR) is 121 cm³/mol. The molecule has 0 spiro atoms. The highest BCUT2D eigenvalue weighted by Gasteiger charge is 2.13. The largest absolute Gasteiger partial charge is 0.497 e. The first kappa shape index (κ1) is 19.5. The zero-order chi connectivity index (χ0) is 20.6. The zero-order valence-electron chi connectivity index (χ0n) is 16.9. The van der Waals surface area contributed by atoms with Crippen LogP contribution in [-0.2, 0) is 13.1 Å². The lowest BCUT2D eigenvalue weighted by molar-refractivity contribution is 0.414. The van der Waals surface area contributed by atoms with Crippen molar-refractivity contribution in [1.82, 2.24) is 9.97 Å². The van der Waals surface area contributed by atoms with Crippen LogP contribution in [0.2, 0.25) is 0 Å². The van der Waals surface area contributed by atoms with Gasteiger partial charge in [0, 0.05) is 18.4 Å². The average Bonchev–Trinajstić information content (AvgIpc) is 2.83. The van der Waals surface area contributed by atoms with E-state index in [0.717, 1.165) is 22.8 Å². The summed E-state index contributed by atoms with van der Waals surface area (Å²) in [6.07, 6.45) is 1.79. The molecular formula is C25H24N4O. The smallest absolute Gasteiger partial charge is 0.232 e. The van der Waals surface area contributed by atoms with Crippen molar-refractivity contribution in [3.8, 4) is 5.75 Å². The van der Waals surface area contributed by atoms with E-state index in [1.54, 1.807) is 13.3 Å². The van der Waals surface area contributed by atoms with E-state index in [0.29, 0.717) is 19.0 Å². The van der Waals surface area contributed by atoms with Gasteiger partial charge in [-0.1, -0.05) is 60.7 Å². The van der Waals surface area contributed by atoms with E-state index in [1.807, 2.05) is 66.7 Å². The molecule has 150 valence electrons. The Morgan fingerprint density at radius 3 is 2.20 bits per heavy atom. The van der Waals surface area contributed by atoms with Crippen LogP contribution in [0.4, 0.5) is 17.5 Å². The summed E-state index contributed by atoms with van der Waals surface area (Å²) in [6, 6.07) is 30.4. The molecule has 3 aromatic carbocycles. The van der Waals surface area contributed by atoms with Crippen molar-refractivity contribution in [3.05, 3.63) is 108 Å². The molecule has 0 unspecified atom stereocenters. The highest BCUT2D eigenvalue weighted by molar-refractivity contribution is 5.58. The molecule has 0 amide bonds.